The van der Waals surface area contributed by atoms with Crippen molar-refractivity contribution in [2.75, 3.05) is 0 Å². The molecule has 3 N–H and O–H groups in total. The van der Waals surface area contributed by atoms with Crippen molar-refractivity contribution in [3.63, 3.8) is 0 Å². The van der Waals surface area contributed by atoms with Gasteiger partial charge in [0.2, 0.25) is 10.0 Å². The van der Waals surface area contributed by atoms with E-state index in [2.05, 4.69) is 30.8 Å². The number of aryl methyl sites for hydroxylation is 1. The lowest BCUT2D eigenvalue weighted by atomic mass is 10.1. The Kier molecular flexibility index (Phi) is 4.77. The monoisotopic (exact) mass is 373 g/mol. The zero-order valence-electron chi connectivity index (χ0n) is 11.7. The van der Waals surface area contributed by atoms with Crippen molar-refractivity contribution in [1.29, 1.82) is 0 Å². The van der Waals surface area contributed by atoms with Gasteiger partial charge in [-0.1, -0.05) is 15.9 Å². The van der Waals surface area contributed by atoms with E-state index in [0.717, 1.165) is 5.56 Å². The molecule has 0 bridgehead atoms. The van der Waals surface area contributed by atoms with Crippen LogP contribution in [0.4, 0.5) is 0 Å². The number of hydrogen-bond donors (Lipinski definition) is 2. The molecule has 1 heterocycles. The van der Waals surface area contributed by atoms with Gasteiger partial charge in [-0.05, 0) is 30.2 Å². The van der Waals surface area contributed by atoms with Crippen molar-refractivity contribution in [3.8, 4) is 0 Å². The maximum absolute atomic E-state index is 12.4. The lowest BCUT2D eigenvalue weighted by Crippen LogP contribution is -2.25. The summed E-state index contributed by atoms with van der Waals surface area (Å²) < 4.78 is 29.8. The zero-order valence-corrected chi connectivity index (χ0v) is 14.1. The van der Waals surface area contributed by atoms with Crippen LogP contribution in [0.3, 0.4) is 0 Å². The molecule has 21 heavy (non-hydrogen) atoms. The maximum Gasteiger partial charge on any atom is 0.241 e. The molecule has 0 spiro atoms. The van der Waals surface area contributed by atoms with Crippen LogP contribution in [0.25, 0.3) is 0 Å². The fraction of sp³-hybridized carbons (Fsp3) is 0.333. The maximum atomic E-state index is 12.4. The van der Waals surface area contributed by atoms with E-state index in [4.69, 9.17) is 5.73 Å². The Labute approximate surface area is 131 Å². The summed E-state index contributed by atoms with van der Waals surface area (Å²) in [5.41, 5.74) is 6.97. The highest BCUT2D eigenvalue weighted by atomic mass is 79.9. The fourth-order valence-corrected chi connectivity index (χ4v) is 3.74. The standard InChI is InChI=1S/C12H16BrN5O2S/c1-8-10(13)3-9(5-14)4-11(8)21(19,20)16-6-12-17-15-7-18(12)2/h3-4,7,16H,5-6,14H2,1-2H3. The van der Waals surface area contributed by atoms with Crippen molar-refractivity contribution >= 4 is 26.0 Å². The van der Waals surface area contributed by atoms with Gasteiger partial charge in [0.05, 0.1) is 11.4 Å². The normalized spacial score (nSPS) is 11.8. The number of nitrogens with two attached hydrogens (primary N) is 1. The number of sulfonamides is 1. The van der Waals surface area contributed by atoms with Gasteiger partial charge in [-0.3, -0.25) is 0 Å². The van der Waals surface area contributed by atoms with Crippen LogP contribution in [-0.4, -0.2) is 23.2 Å². The first kappa shape index (κ1) is 16.1. The Morgan fingerprint density at radius 1 is 1.43 bits per heavy atom. The molecular formula is C12H16BrN5O2S. The van der Waals surface area contributed by atoms with Gasteiger partial charge >= 0.3 is 0 Å². The molecule has 9 heteroatoms. The molecule has 0 atom stereocenters. The molecule has 1 aromatic heterocycles. The molecule has 0 saturated carbocycles. The average molecular weight is 374 g/mol. The molecule has 0 amide bonds. The van der Waals surface area contributed by atoms with E-state index < -0.39 is 10.0 Å². The van der Waals surface area contributed by atoms with Crippen molar-refractivity contribution in [2.45, 2.75) is 24.9 Å². The van der Waals surface area contributed by atoms with Gasteiger partial charge in [-0.25, -0.2) is 13.1 Å². The van der Waals surface area contributed by atoms with Crippen LogP contribution in [0.2, 0.25) is 0 Å². The van der Waals surface area contributed by atoms with Crippen molar-refractivity contribution in [3.05, 3.63) is 39.9 Å². The Morgan fingerprint density at radius 3 is 2.71 bits per heavy atom. The Morgan fingerprint density at radius 2 is 2.14 bits per heavy atom. The second-order valence-corrected chi connectivity index (χ2v) is 7.18. The topological polar surface area (TPSA) is 103 Å². The zero-order chi connectivity index (χ0) is 15.6. The van der Waals surface area contributed by atoms with Gasteiger partial charge in [-0.15, -0.1) is 10.2 Å². The van der Waals surface area contributed by atoms with Crippen LogP contribution in [0.5, 0.6) is 0 Å². The van der Waals surface area contributed by atoms with Crippen LogP contribution in [0, 0.1) is 6.92 Å². The van der Waals surface area contributed by atoms with Crippen molar-refractivity contribution in [1.82, 2.24) is 19.5 Å². The summed E-state index contributed by atoms with van der Waals surface area (Å²) in [6, 6.07) is 3.40. The van der Waals surface area contributed by atoms with Crippen LogP contribution in [0.1, 0.15) is 17.0 Å². The molecular weight excluding hydrogens is 358 g/mol. The third kappa shape index (κ3) is 3.49. The van der Waals surface area contributed by atoms with Crippen LogP contribution in [0.15, 0.2) is 27.8 Å². The van der Waals surface area contributed by atoms with E-state index in [9.17, 15) is 8.42 Å². The molecule has 0 fully saturated rings. The predicted octanol–water partition coefficient (Wildman–Crippen LogP) is 0.823. The number of halogens is 1. The Balaban J connectivity index is 2.31. The first-order valence-corrected chi connectivity index (χ1v) is 8.44. The largest absolute Gasteiger partial charge is 0.326 e. The lowest BCUT2D eigenvalue weighted by Gasteiger charge is -2.12. The molecule has 0 saturated heterocycles. The van der Waals surface area contributed by atoms with Crippen LogP contribution < -0.4 is 10.5 Å². The Bertz CT molecular complexity index is 757. The minimum atomic E-state index is -3.66. The molecule has 0 aliphatic rings. The predicted molar refractivity (Wildman–Crippen MR) is 81.8 cm³/mol. The highest BCUT2D eigenvalue weighted by Crippen LogP contribution is 2.25. The molecule has 0 aliphatic heterocycles. The fourth-order valence-electron chi connectivity index (χ4n) is 1.81. The minimum absolute atomic E-state index is 0.0722. The van der Waals surface area contributed by atoms with Gasteiger partial charge in [0.15, 0.2) is 0 Å². The summed E-state index contributed by atoms with van der Waals surface area (Å²) in [5.74, 6) is 0.533. The van der Waals surface area contributed by atoms with Gasteiger partial charge in [0.25, 0.3) is 0 Å². The number of aromatic nitrogens is 3. The molecule has 2 aromatic rings. The van der Waals surface area contributed by atoms with E-state index in [1.165, 1.54) is 6.33 Å². The van der Waals surface area contributed by atoms with E-state index in [1.807, 2.05) is 6.07 Å². The van der Waals surface area contributed by atoms with Gasteiger partial charge in [0.1, 0.15) is 12.2 Å². The quantitative estimate of drug-likeness (QED) is 0.807. The van der Waals surface area contributed by atoms with Crippen molar-refractivity contribution < 1.29 is 8.42 Å². The summed E-state index contributed by atoms with van der Waals surface area (Å²) in [6.07, 6.45) is 1.51. The first-order valence-electron chi connectivity index (χ1n) is 6.16. The highest BCUT2D eigenvalue weighted by Gasteiger charge is 2.19. The number of nitrogens with one attached hydrogen (secondary N) is 1. The number of nitrogens with zero attached hydrogens (tertiary/aromatic N) is 3. The summed E-state index contributed by atoms with van der Waals surface area (Å²) in [4.78, 5) is 0.208. The SMILES string of the molecule is Cc1c(Br)cc(CN)cc1S(=O)(=O)NCc1nncn1C. The van der Waals surface area contributed by atoms with Crippen LogP contribution >= 0.6 is 15.9 Å². The summed E-state index contributed by atoms with van der Waals surface area (Å²) in [7, 11) is -1.91. The molecule has 0 aliphatic carbocycles. The highest BCUT2D eigenvalue weighted by molar-refractivity contribution is 9.10. The lowest BCUT2D eigenvalue weighted by molar-refractivity contribution is 0.576. The number of rotatable bonds is 5. The summed E-state index contributed by atoms with van der Waals surface area (Å²) in [6.45, 7) is 2.08. The summed E-state index contributed by atoms with van der Waals surface area (Å²) >= 11 is 3.36. The van der Waals surface area contributed by atoms with Crippen molar-refractivity contribution in [2.24, 2.45) is 12.8 Å². The van der Waals surface area contributed by atoms with E-state index in [1.54, 1.807) is 24.6 Å². The van der Waals surface area contributed by atoms with Gasteiger partial charge in [-0.2, -0.15) is 0 Å². The first-order chi connectivity index (χ1) is 9.85. The molecule has 0 radical (unpaired) electrons. The number of benzene rings is 1. The molecule has 114 valence electrons. The summed E-state index contributed by atoms with van der Waals surface area (Å²) in [5, 5.41) is 7.55. The molecule has 1 aromatic carbocycles. The Hall–Kier alpha value is -1.29. The van der Waals surface area contributed by atoms with Gasteiger partial charge < -0.3 is 10.3 Å². The number of hydrogen-bond acceptors (Lipinski definition) is 5. The second kappa shape index (κ2) is 6.22. The smallest absolute Gasteiger partial charge is 0.241 e. The molecule has 0 unspecified atom stereocenters. The minimum Gasteiger partial charge on any atom is -0.326 e. The van der Waals surface area contributed by atoms with E-state index in [-0.39, 0.29) is 18.0 Å². The van der Waals surface area contributed by atoms with Gasteiger partial charge in [0, 0.05) is 18.1 Å². The average Bonchev–Trinajstić information content (AvgIpc) is 2.84. The third-order valence-electron chi connectivity index (χ3n) is 3.11. The molecule has 7 nitrogen and oxygen atoms in total. The van der Waals surface area contributed by atoms with E-state index >= 15 is 0 Å². The van der Waals surface area contributed by atoms with E-state index in [0.29, 0.717) is 15.9 Å². The second-order valence-electron chi connectivity index (χ2n) is 4.59. The molecule has 2 rings (SSSR count). The third-order valence-corrected chi connectivity index (χ3v) is 5.46. The van der Waals surface area contributed by atoms with Crippen LogP contribution in [-0.2, 0) is 30.2 Å².